The lowest BCUT2D eigenvalue weighted by molar-refractivity contribution is -0.150. The van der Waals surface area contributed by atoms with Crippen molar-refractivity contribution in [3.05, 3.63) is 0 Å². The highest BCUT2D eigenvalue weighted by atomic mass is 16.5. The van der Waals surface area contributed by atoms with Gasteiger partial charge in [0.15, 0.2) is 0 Å². The molecule has 0 rings (SSSR count). The fraction of sp³-hybridized carbons (Fsp3) is 0.952. The Morgan fingerprint density at radius 3 is 1.08 bits per heavy atom. The Balaban J connectivity index is 4.40. The highest BCUT2D eigenvalue weighted by Gasteiger charge is 2.20. The van der Waals surface area contributed by atoms with Gasteiger partial charge in [0, 0.05) is 6.54 Å². The molecule has 0 fully saturated rings. The third-order valence-electron chi connectivity index (χ3n) is 9.93. The van der Waals surface area contributed by atoms with Gasteiger partial charge in [-0.25, -0.2) is 0 Å². The van der Waals surface area contributed by atoms with Gasteiger partial charge in [-0.2, -0.15) is 0 Å². The van der Waals surface area contributed by atoms with Crippen molar-refractivity contribution in [3.63, 3.8) is 0 Å². The monoisotopic (exact) mass is 682 g/mol. The molecule has 0 bridgehead atoms. The predicted octanol–water partition coefficient (Wildman–Crippen LogP) is 11.6. The van der Waals surface area contributed by atoms with Gasteiger partial charge < -0.3 is 19.5 Å². The van der Waals surface area contributed by atoms with Crippen molar-refractivity contribution in [2.24, 2.45) is 11.8 Å². The minimum absolute atomic E-state index is 0.0111. The number of hydrogen-bond donors (Lipinski definition) is 1. The second-order valence-corrected chi connectivity index (χ2v) is 14.5. The minimum atomic E-state index is 0.0111. The molecule has 0 aliphatic carbocycles. The second kappa shape index (κ2) is 37.1. The van der Waals surface area contributed by atoms with E-state index in [0.717, 1.165) is 90.1 Å². The number of nitrogens with zero attached hydrogens (tertiary/aromatic N) is 1. The number of aliphatic hydroxyl groups excluding tert-OH is 1. The fourth-order valence-electron chi connectivity index (χ4n) is 6.67. The summed E-state index contributed by atoms with van der Waals surface area (Å²) in [6, 6.07) is 0. The van der Waals surface area contributed by atoms with Crippen LogP contribution in [0.15, 0.2) is 0 Å². The maximum Gasteiger partial charge on any atom is 0.308 e. The molecule has 0 radical (unpaired) electrons. The average molecular weight is 682 g/mol. The van der Waals surface area contributed by atoms with Crippen LogP contribution in [0.4, 0.5) is 0 Å². The topological polar surface area (TPSA) is 76.1 Å². The zero-order valence-corrected chi connectivity index (χ0v) is 32.7. The molecule has 1 N–H and O–H groups in total. The molecule has 0 aliphatic rings. The number of esters is 2. The van der Waals surface area contributed by atoms with Gasteiger partial charge in [0.05, 0.1) is 31.7 Å². The Hall–Kier alpha value is -1.14. The predicted molar refractivity (Wildman–Crippen MR) is 204 cm³/mol. The summed E-state index contributed by atoms with van der Waals surface area (Å²) in [5.41, 5.74) is 0. The van der Waals surface area contributed by atoms with E-state index >= 15 is 0 Å². The van der Waals surface area contributed by atoms with E-state index in [0.29, 0.717) is 19.8 Å². The van der Waals surface area contributed by atoms with Crippen LogP contribution >= 0.6 is 0 Å². The largest absolute Gasteiger partial charge is 0.465 e. The third-order valence-corrected chi connectivity index (χ3v) is 9.93. The molecule has 48 heavy (non-hydrogen) atoms. The zero-order valence-electron chi connectivity index (χ0n) is 32.7. The van der Waals surface area contributed by atoms with Crippen molar-refractivity contribution in [1.29, 1.82) is 0 Å². The van der Waals surface area contributed by atoms with Gasteiger partial charge in [0.25, 0.3) is 0 Å². The zero-order chi connectivity index (χ0) is 35.3. The van der Waals surface area contributed by atoms with Gasteiger partial charge in [-0.3, -0.25) is 9.59 Å². The van der Waals surface area contributed by atoms with Crippen LogP contribution in [0.2, 0.25) is 0 Å². The second-order valence-electron chi connectivity index (χ2n) is 14.5. The minimum Gasteiger partial charge on any atom is -0.465 e. The first-order chi connectivity index (χ1) is 23.5. The highest BCUT2D eigenvalue weighted by molar-refractivity contribution is 5.72. The Morgan fingerprint density at radius 1 is 0.438 bits per heavy atom. The number of hydrogen-bond acceptors (Lipinski definition) is 6. The average Bonchev–Trinajstić information content (AvgIpc) is 3.08. The summed E-state index contributed by atoms with van der Waals surface area (Å²) in [6.45, 7) is 12.5. The fourth-order valence-corrected chi connectivity index (χ4v) is 6.67. The number of carbonyl (C=O) groups excluding carboxylic acids is 2. The molecule has 6 nitrogen and oxygen atoms in total. The molecule has 286 valence electrons. The first-order valence-electron chi connectivity index (χ1n) is 21.2. The Bertz CT molecular complexity index is 633. The summed E-state index contributed by atoms with van der Waals surface area (Å²) < 4.78 is 11.6. The summed E-state index contributed by atoms with van der Waals surface area (Å²) in [5.74, 6) is 0.133. The van der Waals surface area contributed by atoms with Crippen molar-refractivity contribution in [2.45, 2.75) is 207 Å². The van der Waals surface area contributed by atoms with Gasteiger partial charge >= 0.3 is 11.9 Å². The number of carbonyl (C=O) groups is 2. The molecule has 0 amide bonds. The van der Waals surface area contributed by atoms with Crippen molar-refractivity contribution < 1.29 is 24.2 Å². The SMILES string of the molecule is CCCCCCCCC(CCCCCC)C(=O)OCCCCN(CCO)CCCCOC(=O)C(CCCCCC)CCCCCCCC. The molecule has 0 saturated carbocycles. The maximum atomic E-state index is 12.9. The molecule has 0 aromatic rings. The van der Waals surface area contributed by atoms with Crippen LogP contribution in [-0.4, -0.2) is 61.4 Å². The van der Waals surface area contributed by atoms with Crippen molar-refractivity contribution in [1.82, 2.24) is 4.90 Å². The van der Waals surface area contributed by atoms with Crippen molar-refractivity contribution >= 4 is 11.9 Å². The molecule has 0 saturated heterocycles. The number of unbranched alkanes of at least 4 members (excludes halogenated alkanes) is 18. The lowest BCUT2D eigenvalue weighted by Crippen LogP contribution is -2.29. The van der Waals surface area contributed by atoms with Crippen LogP contribution in [0.1, 0.15) is 207 Å². The van der Waals surface area contributed by atoms with Gasteiger partial charge in [-0.15, -0.1) is 0 Å². The normalized spacial score (nSPS) is 12.8. The number of aliphatic hydroxyl groups is 1. The molecule has 6 heteroatoms. The molecular formula is C42H83NO5. The van der Waals surface area contributed by atoms with E-state index in [-0.39, 0.29) is 30.4 Å². The summed E-state index contributed by atoms with van der Waals surface area (Å²) in [6.07, 6.45) is 32.1. The van der Waals surface area contributed by atoms with Crippen LogP contribution in [0.5, 0.6) is 0 Å². The molecule has 0 aromatic carbocycles. The van der Waals surface area contributed by atoms with E-state index in [9.17, 15) is 14.7 Å². The van der Waals surface area contributed by atoms with E-state index < -0.39 is 0 Å². The van der Waals surface area contributed by atoms with Crippen LogP contribution in [-0.2, 0) is 19.1 Å². The van der Waals surface area contributed by atoms with Crippen molar-refractivity contribution in [3.8, 4) is 0 Å². The highest BCUT2D eigenvalue weighted by Crippen LogP contribution is 2.22. The molecule has 0 heterocycles. The molecule has 2 atom stereocenters. The smallest absolute Gasteiger partial charge is 0.308 e. The number of ether oxygens (including phenoxy) is 2. The Morgan fingerprint density at radius 2 is 0.750 bits per heavy atom. The first kappa shape index (κ1) is 46.9. The van der Waals surface area contributed by atoms with Crippen LogP contribution in [0, 0.1) is 11.8 Å². The van der Waals surface area contributed by atoms with E-state index in [1.165, 1.54) is 103 Å². The van der Waals surface area contributed by atoms with E-state index in [1.807, 2.05) is 0 Å². The Labute approximate surface area is 299 Å². The van der Waals surface area contributed by atoms with Gasteiger partial charge in [-0.1, -0.05) is 156 Å². The van der Waals surface area contributed by atoms with Gasteiger partial charge in [0.2, 0.25) is 0 Å². The Kier molecular flexibility index (Phi) is 36.2. The summed E-state index contributed by atoms with van der Waals surface area (Å²) in [4.78, 5) is 28.2. The van der Waals surface area contributed by atoms with Crippen LogP contribution < -0.4 is 0 Å². The molecular weight excluding hydrogens is 598 g/mol. The standard InChI is InChI=1S/C42H83NO5/c1-5-9-13-17-19-23-31-39(29-21-15-11-7-3)41(45)47-37-27-25-33-43(35-36-44)34-26-28-38-48-42(46)40(30-22-16-12-8-4)32-24-20-18-14-10-6-2/h39-40,44H,5-38H2,1-4H3. The lowest BCUT2D eigenvalue weighted by atomic mass is 9.94. The molecule has 0 spiro atoms. The summed E-state index contributed by atoms with van der Waals surface area (Å²) in [5, 5.41) is 9.60. The van der Waals surface area contributed by atoms with E-state index in [4.69, 9.17) is 9.47 Å². The van der Waals surface area contributed by atoms with E-state index in [1.54, 1.807) is 0 Å². The molecule has 2 unspecified atom stereocenters. The van der Waals surface area contributed by atoms with Gasteiger partial charge in [-0.05, 0) is 64.5 Å². The molecule has 0 aliphatic heterocycles. The van der Waals surface area contributed by atoms with Crippen molar-refractivity contribution in [2.75, 3.05) is 39.5 Å². The van der Waals surface area contributed by atoms with Gasteiger partial charge in [0.1, 0.15) is 0 Å². The third kappa shape index (κ3) is 29.7. The molecule has 0 aromatic heterocycles. The first-order valence-corrected chi connectivity index (χ1v) is 21.2. The van der Waals surface area contributed by atoms with E-state index in [2.05, 4.69) is 32.6 Å². The summed E-state index contributed by atoms with van der Waals surface area (Å²) >= 11 is 0. The maximum absolute atomic E-state index is 12.9. The van der Waals surface area contributed by atoms with Crippen LogP contribution in [0.25, 0.3) is 0 Å². The quantitative estimate of drug-likeness (QED) is 0.0516. The summed E-state index contributed by atoms with van der Waals surface area (Å²) in [7, 11) is 0. The number of rotatable bonds is 38. The van der Waals surface area contributed by atoms with Crippen LogP contribution in [0.3, 0.4) is 0 Å². The lowest BCUT2D eigenvalue weighted by Gasteiger charge is -2.21.